The molecule has 0 unspecified atom stereocenters. The van der Waals surface area contributed by atoms with Crippen LogP contribution in [0.2, 0.25) is 5.02 Å². The van der Waals surface area contributed by atoms with Gasteiger partial charge >= 0.3 is 0 Å². The minimum Gasteiger partial charge on any atom is -0.290 e. The average Bonchev–Trinajstić information content (AvgIpc) is 2.21. The predicted molar refractivity (Wildman–Crippen MR) is 59.3 cm³/mol. The summed E-state index contributed by atoms with van der Waals surface area (Å²) in [5.41, 5.74) is 0.243. The van der Waals surface area contributed by atoms with Gasteiger partial charge < -0.3 is 0 Å². The second-order valence-electron chi connectivity index (χ2n) is 2.97. The zero-order valence-corrected chi connectivity index (χ0v) is 10.2. The van der Waals surface area contributed by atoms with E-state index in [-0.39, 0.29) is 15.9 Å². The fourth-order valence-electron chi connectivity index (χ4n) is 1.03. The van der Waals surface area contributed by atoms with E-state index in [9.17, 15) is 14.0 Å². The zero-order valence-electron chi connectivity index (χ0n) is 7.81. The summed E-state index contributed by atoms with van der Waals surface area (Å²) in [6.07, 6.45) is 0. The highest BCUT2D eigenvalue weighted by Crippen LogP contribution is 2.21. The molecule has 0 aliphatic carbocycles. The van der Waals surface area contributed by atoms with E-state index in [4.69, 9.17) is 11.6 Å². The van der Waals surface area contributed by atoms with Crippen LogP contribution in [-0.2, 0) is 4.79 Å². The summed E-state index contributed by atoms with van der Waals surface area (Å²) in [7, 11) is 0. The molecule has 0 saturated carbocycles. The Balaban J connectivity index is 3.21. The number of aryl methyl sites for hydroxylation is 1. The van der Waals surface area contributed by atoms with Crippen LogP contribution < -0.4 is 0 Å². The molecular formula is C10H7BrClFO2. The third-order valence-electron chi connectivity index (χ3n) is 1.87. The highest BCUT2D eigenvalue weighted by molar-refractivity contribution is 9.09. The Hall–Kier alpha value is -0.740. The van der Waals surface area contributed by atoms with Gasteiger partial charge in [-0.1, -0.05) is 27.5 Å². The number of benzene rings is 1. The molecule has 1 rings (SSSR count). The largest absolute Gasteiger partial charge is 0.290 e. The Kier molecular flexibility index (Phi) is 3.99. The Morgan fingerprint density at radius 2 is 2.07 bits per heavy atom. The van der Waals surface area contributed by atoms with Crippen molar-refractivity contribution >= 4 is 39.1 Å². The summed E-state index contributed by atoms with van der Waals surface area (Å²) in [5, 5.41) is -0.00862. The maximum Gasteiger partial charge on any atom is 0.231 e. The molecule has 0 amide bonds. The molecule has 0 aliphatic rings. The SMILES string of the molecule is Cc1cc(Cl)c(C(=O)C(=O)CBr)cc1F. The molecule has 0 aliphatic heterocycles. The highest BCUT2D eigenvalue weighted by Gasteiger charge is 2.19. The van der Waals surface area contributed by atoms with Crippen molar-refractivity contribution in [2.75, 3.05) is 5.33 Å². The first-order valence-electron chi connectivity index (χ1n) is 4.06. The number of ketones is 2. The van der Waals surface area contributed by atoms with E-state index < -0.39 is 17.4 Å². The molecule has 0 atom stereocenters. The van der Waals surface area contributed by atoms with Crippen molar-refractivity contribution in [1.82, 2.24) is 0 Å². The van der Waals surface area contributed by atoms with E-state index in [1.165, 1.54) is 13.0 Å². The molecule has 0 bridgehead atoms. The van der Waals surface area contributed by atoms with Crippen LogP contribution in [0, 0.1) is 12.7 Å². The van der Waals surface area contributed by atoms with Crippen LogP contribution in [0.15, 0.2) is 12.1 Å². The molecule has 1 aromatic rings. The third-order valence-corrected chi connectivity index (χ3v) is 2.69. The number of hydrogen-bond acceptors (Lipinski definition) is 2. The van der Waals surface area contributed by atoms with Crippen molar-refractivity contribution in [1.29, 1.82) is 0 Å². The van der Waals surface area contributed by atoms with Crippen LogP contribution >= 0.6 is 27.5 Å². The highest BCUT2D eigenvalue weighted by atomic mass is 79.9. The lowest BCUT2D eigenvalue weighted by Gasteiger charge is -2.03. The molecule has 0 radical (unpaired) electrons. The van der Waals surface area contributed by atoms with Gasteiger partial charge in [-0.3, -0.25) is 9.59 Å². The van der Waals surface area contributed by atoms with Crippen molar-refractivity contribution in [3.8, 4) is 0 Å². The average molecular weight is 294 g/mol. The van der Waals surface area contributed by atoms with Crippen LogP contribution in [0.1, 0.15) is 15.9 Å². The molecule has 0 N–H and O–H groups in total. The smallest absolute Gasteiger partial charge is 0.231 e. The standard InChI is InChI=1S/C10H7BrClFO2/c1-5-2-7(12)6(3-8(5)13)10(15)9(14)4-11/h2-3H,4H2,1H3. The Morgan fingerprint density at radius 3 is 2.60 bits per heavy atom. The van der Waals surface area contributed by atoms with E-state index in [0.717, 1.165) is 6.07 Å². The number of hydrogen-bond donors (Lipinski definition) is 0. The first-order chi connectivity index (χ1) is 6.97. The van der Waals surface area contributed by atoms with Crippen LogP contribution in [0.5, 0.6) is 0 Å². The van der Waals surface area contributed by atoms with Crippen LogP contribution in [0.4, 0.5) is 4.39 Å². The van der Waals surface area contributed by atoms with Crippen molar-refractivity contribution in [3.05, 3.63) is 34.1 Å². The van der Waals surface area contributed by atoms with Gasteiger partial charge in [-0.25, -0.2) is 4.39 Å². The van der Waals surface area contributed by atoms with Gasteiger partial charge in [0, 0.05) is 5.56 Å². The number of halogens is 3. The number of Topliss-reactive ketones (excluding diaryl/α,β-unsaturated/α-hetero) is 2. The second kappa shape index (κ2) is 4.86. The molecule has 0 saturated heterocycles. The maximum atomic E-state index is 13.2. The number of rotatable bonds is 3. The second-order valence-corrected chi connectivity index (χ2v) is 3.94. The normalized spacial score (nSPS) is 10.1. The molecule has 5 heteroatoms. The first-order valence-corrected chi connectivity index (χ1v) is 5.56. The van der Waals surface area contributed by atoms with E-state index in [0.29, 0.717) is 5.56 Å². The van der Waals surface area contributed by atoms with Crippen molar-refractivity contribution in [3.63, 3.8) is 0 Å². The van der Waals surface area contributed by atoms with Gasteiger partial charge in [0.25, 0.3) is 0 Å². The number of carbonyl (C=O) groups is 2. The fraction of sp³-hybridized carbons (Fsp3) is 0.200. The van der Waals surface area contributed by atoms with E-state index in [1.54, 1.807) is 0 Å². The molecule has 0 fully saturated rings. The maximum absolute atomic E-state index is 13.2. The molecule has 2 nitrogen and oxygen atoms in total. The van der Waals surface area contributed by atoms with Gasteiger partial charge in [0.05, 0.1) is 10.4 Å². The molecule has 80 valence electrons. The van der Waals surface area contributed by atoms with E-state index in [2.05, 4.69) is 15.9 Å². The predicted octanol–water partition coefficient (Wildman–Crippen LogP) is 2.93. The minimum atomic E-state index is -0.782. The minimum absolute atomic E-state index is 0.0909. The molecule has 1 aromatic carbocycles. The Morgan fingerprint density at radius 1 is 1.47 bits per heavy atom. The number of alkyl halides is 1. The Labute approximate surface area is 99.6 Å². The molecule has 0 heterocycles. The summed E-state index contributed by atoms with van der Waals surface area (Å²) in [4.78, 5) is 22.5. The van der Waals surface area contributed by atoms with Crippen molar-refractivity contribution in [2.24, 2.45) is 0 Å². The van der Waals surface area contributed by atoms with Gasteiger partial charge in [0.1, 0.15) is 5.82 Å². The van der Waals surface area contributed by atoms with E-state index in [1.807, 2.05) is 0 Å². The molecule has 0 aromatic heterocycles. The monoisotopic (exact) mass is 292 g/mol. The van der Waals surface area contributed by atoms with Gasteiger partial charge in [0.15, 0.2) is 0 Å². The molecule has 0 spiro atoms. The summed E-state index contributed by atoms with van der Waals surface area (Å²) < 4.78 is 13.2. The summed E-state index contributed by atoms with van der Waals surface area (Å²) in [6, 6.07) is 2.31. The fourth-order valence-corrected chi connectivity index (χ4v) is 1.59. The van der Waals surface area contributed by atoms with Crippen LogP contribution in [0.3, 0.4) is 0 Å². The van der Waals surface area contributed by atoms with Crippen LogP contribution in [-0.4, -0.2) is 16.9 Å². The lowest BCUT2D eigenvalue weighted by molar-refractivity contribution is -0.112. The third kappa shape index (κ3) is 2.63. The lowest BCUT2D eigenvalue weighted by atomic mass is 10.1. The van der Waals surface area contributed by atoms with Gasteiger partial charge in [-0.05, 0) is 24.6 Å². The van der Waals surface area contributed by atoms with Crippen LogP contribution in [0.25, 0.3) is 0 Å². The lowest BCUT2D eigenvalue weighted by Crippen LogP contribution is -2.16. The summed E-state index contributed by atoms with van der Waals surface area (Å²) >= 11 is 8.61. The first kappa shape index (κ1) is 12.3. The quantitative estimate of drug-likeness (QED) is 0.488. The zero-order chi connectivity index (χ0) is 11.6. The van der Waals surface area contributed by atoms with E-state index >= 15 is 0 Å². The van der Waals surface area contributed by atoms with Crippen molar-refractivity contribution in [2.45, 2.75) is 6.92 Å². The topological polar surface area (TPSA) is 34.1 Å². The van der Waals surface area contributed by atoms with Gasteiger partial charge in [-0.2, -0.15) is 0 Å². The number of carbonyl (C=O) groups excluding carboxylic acids is 2. The summed E-state index contributed by atoms with van der Waals surface area (Å²) in [5.74, 6) is -1.99. The molecule has 15 heavy (non-hydrogen) atoms. The van der Waals surface area contributed by atoms with Crippen molar-refractivity contribution < 1.29 is 14.0 Å². The Bertz CT molecular complexity index is 432. The molecular weight excluding hydrogens is 286 g/mol. The summed E-state index contributed by atoms with van der Waals surface area (Å²) in [6.45, 7) is 1.53. The van der Waals surface area contributed by atoms with Gasteiger partial charge in [0.2, 0.25) is 11.6 Å². The van der Waals surface area contributed by atoms with Gasteiger partial charge in [-0.15, -0.1) is 0 Å².